The summed E-state index contributed by atoms with van der Waals surface area (Å²) in [5.41, 5.74) is 6.33. The number of carbonyl (C=O) groups is 1. The summed E-state index contributed by atoms with van der Waals surface area (Å²) in [4.78, 5) is 15.4. The molecule has 0 bridgehead atoms. The third-order valence-electron chi connectivity index (χ3n) is 4.95. The molecule has 3 N–H and O–H groups in total. The van der Waals surface area contributed by atoms with Crippen LogP contribution in [0.3, 0.4) is 0 Å². The van der Waals surface area contributed by atoms with Crippen LogP contribution in [0.1, 0.15) is 11.1 Å². The molecule has 0 spiro atoms. The lowest BCUT2D eigenvalue weighted by atomic mass is 9.96. The second kappa shape index (κ2) is 8.71. The molecule has 3 aromatic carbocycles. The van der Waals surface area contributed by atoms with Crippen LogP contribution in [0.2, 0.25) is 0 Å². The van der Waals surface area contributed by atoms with E-state index >= 15 is 0 Å². The molecule has 1 aromatic heterocycles. The van der Waals surface area contributed by atoms with Gasteiger partial charge in [-0.25, -0.2) is 4.98 Å². The lowest BCUT2D eigenvalue weighted by molar-refractivity contribution is -0.135. The third kappa shape index (κ3) is 4.29. The topological polar surface area (TPSA) is 90.9 Å². The van der Waals surface area contributed by atoms with Gasteiger partial charge in [-0.2, -0.15) is 5.10 Å². The van der Waals surface area contributed by atoms with Crippen molar-refractivity contribution in [3.05, 3.63) is 83.9 Å². The molecule has 4 rings (SSSR count). The number of rotatable bonds is 7. The zero-order valence-corrected chi connectivity index (χ0v) is 16.6. The van der Waals surface area contributed by atoms with Crippen LogP contribution in [0.4, 0.5) is 0 Å². The molecule has 0 saturated heterocycles. The minimum absolute atomic E-state index is 0.0773. The molecule has 0 unspecified atom stereocenters. The molecular formula is C24H22N4O2. The summed E-state index contributed by atoms with van der Waals surface area (Å²) in [7, 11) is 0. The highest BCUT2D eigenvalue weighted by Crippen LogP contribution is 2.30. The van der Waals surface area contributed by atoms with E-state index in [0.29, 0.717) is 12.4 Å². The number of carboxylic acids is 1. The van der Waals surface area contributed by atoms with Gasteiger partial charge >= 0.3 is 5.97 Å². The SMILES string of the molecule is Cc1c(-c2ccccc2)cccc1-c1nc(-c2cccc(CNCC(=O)O)c2)n[nH]1. The fourth-order valence-corrected chi connectivity index (χ4v) is 3.47. The average Bonchev–Trinajstić information content (AvgIpc) is 3.25. The van der Waals surface area contributed by atoms with Gasteiger partial charge in [-0.1, -0.05) is 66.7 Å². The van der Waals surface area contributed by atoms with Crippen molar-refractivity contribution in [1.82, 2.24) is 20.5 Å². The van der Waals surface area contributed by atoms with Crippen molar-refractivity contribution < 1.29 is 9.90 Å². The van der Waals surface area contributed by atoms with Gasteiger partial charge in [0, 0.05) is 17.7 Å². The standard InChI is InChI=1S/C24H22N4O2/c1-16-20(18-8-3-2-4-9-18)11-6-12-21(16)24-26-23(27-28-24)19-10-5-7-17(13-19)14-25-15-22(29)30/h2-13,25H,14-15H2,1H3,(H,29,30)(H,26,27,28). The third-order valence-corrected chi connectivity index (χ3v) is 4.95. The van der Waals surface area contributed by atoms with Crippen LogP contribution >= 0.6 is 0 Å². The number of aromatic amines is 1. The summed E-state index contributed by atoms with van der Waals surface area (Å²) in [6, 6.07) is 24.2. The Morgan fingerprint density at radius 1 is 0.967 bits per heavy atom. The van der Waals surface area contributed by atoms with Crippen molar-refractivity contribution in [3.8, 4) is 33.9 Å². The second-order valence-electron chi connectivity index (χ2n) is 7.05. The first-order valence-electron chi connectivity index (χ1n) is 9.71. The predicted octanol–water partition coefficient (Wildman–Crippen LogP) is 4.29. The molecule has 0 saturated carbocycles. The molecule has 0 aliphatic heterocycles. The Balaban J connectivity index is 1.60. The number of hydrogen-bond acceptors (Lipinski definition) is 4. The Morgan fingerprint density at radius 3 is 2.50 bits per heavy atom. The molecule has 30 heavy (non-hydrogen) atoms. The summed E-state index contributed by atoms with van der Waals surface area (Å²) < 4.78 is 0. The number of benzene rings is 3. The molecule has 0 amide bonds. The zero-order chi connectivity index (χ0) is 20.9. The molecule has 0 aliphatic carbocycles. The minimum atomic E-state index is -0.877. The van der Waals surface area contributed by atoms with E-state index < -0.39 is 5.97 Å². The van der Waals surface area contributed by atoms with Gasteiger partial charge in [-0.3, -0.25) is 9.89 Å². The van der Waals surface area contributed by atoms with Gasteiger partial charge in [0.15, 0.2) is 11.6 Å². The molecule has 6 nitrogen and oxygen atoms in total. The van der Waals surface area contributed by atoms with Crippen LogP contribution in [0.5, 0.6) is 0 Å². The van der Waals surface area contributed by atoms with Crippen molar-refractivity contribution in [2.45, 2.75) is 13.5 Å². The van der Waals surface area contributed by atoms with Gasteiger partial charge in [0.1, 0.15) is 0 Å². The van der Waals surface area contributed by atoms with E-state index in [1.54, 1.807) is 0 Å². The Morgan fingerprint density at radius 2 is 1.70 bits per heavy atom. The van der Waals surface area contributed by atoms with Crippen LogP contribution in [0.15, 0.2) is 72.8 Å². The molecule has 0 fully saturated rings. The zero-order valence-electron chi connectivity index (χ0n) is 16.6. The average molecular weight is 398 g/mol. The van der Waals surface area contributed by atoms with Crippen molar-refractivity contribution >= 4 is 5.97 Å². The number of hydrogen-bond donors (Lipinski definition) is 3. The lowest BCUT2D eigenvalue weighted by Gasteiger charge is -2.09. The number of carboxylic acid groups (broad SMARTS) is 1. The summed E-state index contributed by atoms with van der Waals surface area (Å²) in [5.74, 6) is 0.446. The van der Waals surface area contributed by atoms with Crippen molar-refractivity contribution in [2.24, 2.45) is 0 Å². The van der Waals surface area contributed by atoms with Gasteiger partial charge < -0.3 is 10.4 Å². The maximum Gasteiger partial charge on any atom is 0.317 e. The first-order valence-corrected chi connectivity index (χ1v) is 9.71. The molecule has 0 atom stereocenters. The summed E-state index contributed by atoms with van der Waals surface area (Å²) in [5, 5.41) is 19.1. The van der Waals surface area contributed by atoms with Gasteiger partial charge in [0.25, 0.3) is 0 Å². The van der Waals surface area contributed by atoms with Gasteiger partial charge in [0.2, 0.25) is 0 Å². The van der Waals surface area contributed by atoms with Gasteiger partial charge in [-0.05, 0) is 35.2 Å². The maximum atomic E-state index is 10.7. The van der Waals surface area contributed by atoms with Crippen LogP contribution in [-0.4, -0.2) is 32.8 Å². The van der Waals surface area contributed by atoms with E-state index in [-0.39, 0.29) is 6.54 Å². The predicted molar refractivity (Wildman–Crippen MR) is 117 cm³/mol. The van der Waals surface area contributed by atoms with E-state index in [0.717, 1.165) is 39.2 Å². The monoisotopic (exact) mass is 398 g/mol. The molecule has 6 heteroatoms. The number of nitrogens with zero attached hydrogens (tertiary/aromatic N) is 2. The van der Waals surface area contributed by atoms with Gasteiger partial charge in [0.05, 0.1) is 6.54 Å². The van der Waals surface area contributed by atoms with Crippen LogP contribution in [0, 0.1) is 6.92 Å². The van der Waals surface area contributed by atoms with E-state index in [1.807, 2.05) is 54.6 Å². The Kier molecular flexibility index (Phi) is 5.68. The van der Waals surface area contributed by atoms with Crippen molar-refractivity contribution in [2.75, 3.05) is 6.54 Å². The number of H-pyrrole nitrogens is 1. The van der Waals surface area contributed by atoms with E-state index in [2.05, 4.69) is 40.6 Å². The first-order chi connectivity index (χ1) is 14.6. The maximum absolute atomic E-state index is 10.7. The molecule has 4 aromatic rings. The number of aliphatic carboxylic acids is 1. The van der Waals surface area contributed by atoms with Crippen molar-refractivity contribution in [1.29, 1.82) is 0 Å². The van der Waals surface area contributed by atoms with E-state index in [1.165, 1.54) is 0 Å². The van der Waals surface area contributed by atoms with E-state index in [9.17, 15) is 4.79 Å². The highest BCUT2D eigenvalue weighted by atomic mass is 16.4. The molecular weight excluding hydrogens is 376 g/mol. The summed E-state index contributed by atoms with van der Waals surface area (Å²) in [6.45, 7) is 2.48. The van der Waals surface area contributed by atoms with Gasteiger partial charge in [-0.15, -0.1) is 0 Å². The molecule has 150 valence electrons. The Labute approximate surface area is 174 Å². The van der Waals surface area contributed by atoms with Crippen LogP contribution in [0.25, 0.3) is 33.9 Å². The van der Waals surface area contributed by atoms with Crippen LogP contribution < -0.4 is 5.32 Å². The van der Waals surface area contributed by atoms with E-state index in [4.69, 9.17) is 10.1 Å². The summed E-state index contributed by atoms with van der Waals surface area (Å²) in [6.07, 6.45) is 0. The highest BCUT2D eigenvalue weighted by Gasteiger charge is 2.13. The largest absolute Gasteiger partial charge is 0.480 e. The smallest absolute Gasteiger partial charge is 0.317 e. The quantitative estimate of drug-likeness (QED) is 0.432. The normalized spacial score (nSPS) is 10.8. The minimum Gasteiger partial charge on any atom is -0.480 e. The number of aromatic nitrogens is 3. The van der Waals surface area contributed by atoms with Crippen LogP contribution in [-0.2, 0) is 11.3 Å². The first kappa shape index (κ1) is 19.5. The fraction of sp³-hybridized carbons (Fsp3) is 0.125. The lowest BCUT2D eigenvalue weighted by Crippen LogP contribution is -2.21. The second-order valence-corrected chi connectivity index (χ2v) is 7.05. The number of nitrogens with one attached hydrogen (secondary N) is 2. The Bertz CT molecular complexity index is 1170. The fourth-order valence-electron chi connectivity index (χ4n) is 3.47. The molecule has 0 aliphatic rings. The summed E-state index contributed by atoms with van der Waals surface area (Å²) >= 11 is 0. The Hall–Kier alpha value is -3.77. The molecule has 1 heterocycles. The molecule has 0 radical (unpaired) electrons. The van der Waals surface area contributed by atoms with Crippen molar-refractivity contribution in [3.63, 3.8) is 0 Å². The highest BCUT2D eigenvalue weighted by molar-refractivity contribution is 5.76.